The number of carbonyl (C=O) groups excluding carboxylic acids is 1. The third kappa shape index (κ3) is 4.19. The SMILES string of the molecule is Cc1ncccc1C(O)NCc1cncc(N2C(=O)c3ccc(Cl)cc3C(C)C2C)c1. The number of carbonyl (C=O) groups is 1. The molecule has 7 heteroatoms. The summed E-state index contributed by atoms with van der Waals surface area (Å²) in [4.78, 5) is 23.6. The van der Waals surface area contributed by atoms with Crippen LogP contribution in [0.4, 0.5) is 5.69 Å². The monoisotopic (exact) mass is 436 g/mol. The zero-order valence-corrected chi connectivity index (χ0v) is 18.5. The second-order valence-electron chi connectivity index (χ2n) is 7.95. The summed E-state index contributed by atoms with van der Waals surface area (Å²) >= 11 is 6.16. The molecule has 0 aliphatic carbocycles. The number of rotatable bonds is 5. The molecule has 3 atom stereocenters. The first kappa shape index (κ1) is 21.4. The number of aliphatic hydroxyl groups is 1. The van der Waals surface area contributed by atoms with E-state index in [4.69, 9.17) is 11.6 Å². The van der Waals surface area contributed by atoms with Gasteiger partial charge < -0.3 is 10.0 Å². The molecule has 2 aromatic heterocycles. The van der Waals surface area contributed by atoms with Gasteiger partial charge in [0.25, 0.3) is 5.91 Å². The highest BCUT2D eigenvalue weighted by molar-refractivity contribution is 6.30. The lowest BCUT2D eigenvalue weighted by atomic mass is 9.84. The molecule has 4 rings (SSSR count). The predicted molar refractivity (Wildman–Crippen MR) is 121 cm³/mol. The van der Waals surface area contributed by atoms with Crippen LogP contribution in [0.1, 0.15) is 58.7 Å². The summed E-state index contributed by atoms with van der Waals surface area (Å²) in [5, 5.41) is 14.2. The Balaban J connectivity index is 1.56. The van der Waals surface area contributed by atoms with Gasteiger partial charge in [0.15, 0.2) is 0 Å². The molecular weight excluding hydrogens is 412 g/mol. The molecule has 1 amide bonds. The molecule has 0 radical (unpaired) electrons. The van der Waals surface area contributed by atoms with E-state index in [1.807, 2.05) is 32.0 Å². The Morgan fingerprint density at radius 3 is 2.81 bits per heavy atom. The van der Waals surface area contributed by atoms with E-state index in [1.54, 1.807) is 41.7 Å². The van der Waals surface area contributed by atoms with E-state index in [0.29, 0.717) is 17.1 Å². The van der Waals surface area contributed by atoms with Crippen molar-refractivity contribution in [2.45, 2.75) is 45.5 Å². The van der Waals surface area contributed by atoms with Crippen molar-refractivity contribution in [2.75, 3.05) is 4.90 Å². The van der Waals surface area contributed by atoms with Gasteiger partial charge in [-0.1, -0.05) is 24.6 Å². The van der Waals surface area contributed by atoms with Gasteiger partial charge in [0.05, 0.1) is 11.9 Å². The summed E-state index contributed by atoms with van der Waals surface area (Å²) in [6.07, 6.45) is 4.29. The number of hydrogen-bond acceptors (Lipinski definition) is 5. The summed E-state index contributed by atoms with van der Waals surface area (Å²) in [7, 11) is 0. The molecule has 31 heavy (non-hydrogen) atoms. The molecule has 1 aliphatic heterocycles. The van der Waals surface area contributed by atoms with E-state index in [1.165, 1.54) is 0 Å². The van der Waals surface area contributed by atoms with Gasteiger partial charge in [0.2, 0.25) is 0 Å². The number of aliphatic hydroxyl groups excluding tert-OH is 1. The van der Waals surface area contributed by atoms with Gasteiger partial charge in [-0.15, -0.1) is 0 Å². The summed E-state index contributed by atoms with van der Waals surface area (Å²) in [6.45, 7) is 6.39. The Hall–Kier alpha value is -2.80. The van der Waals surface area contributed by atoms with Crippen LogP contribution in [-0.4, -0.2) is 27.0 Å². The molecule has 3 aromatic rings. The van der Waals surface area contributed by atoms with Crippen LogP contribution >= 0.6 is 11.6 Å². The van der Waals surface area contributed by atoms with Gasteiger partial charge in [-0.25, -0.2) is 0 Å². The second kappa shape index (κ2) is 8.75. The molecule has 6 nitrogen and oxygen atoms in total. The molecule has 3 heterocycles. The van der Waals surface area contributed by atoms with Gasteiger partial charge in [-0.2, -0.15) is 0 Å². The van der Waals surface area contributed by atoms with E-state index in [0.717, 1.165) is 28.1 Å². The number of aryl methyl sites for hydroxylation is 1. The number of nitrogens with one attached hydrogen (secondary N) is 1. The highest BCUT2D eigenvalue weighted by Crippen LogP contribution is 2.37. The number of nitrogens with zero attached hydrogens (tertiary/aromatic N) is 3. The van der Waals surface area contributed by atoms with Crippen molar-refractivity contribution in [2.24, 2.45) is 0 Å². The molecule has 2 N–H and O–H groups in total. The Labute approximate surface area is 186 Å². The topological polar surface area (TPSA) is 78.4 Å². The van der Waals surface area contributed by atoms with Crippen LogP contribution in [0.5, 0.6) is 0 Å². The smallest absolute Gasteiger partial charge is 0.258 e. The van der Waals surface area contributed by atoms with Crippen LogP contribution in [0.3, 0.4) is 0 Å². The Kier molecular flexibility index (Phi) is 6.05. The van der Waals surface area contributed by atoms with E-state index in [9.17, 15) is 9.90 Å². The molecule has 0 saturated carbocycles. The third-order valence-corrected chi connectivity index (χ3v) is 6.22. The lowest BCUT2D eigenvalue weighted by Gasteiger charge is -2.39. The standard InChI is InChI=1S/C24H25ClN4O2/c1-14-16(3)29(24(31)21-7-6-18(25)10-22(14)21)19-9-17(11-26-13-19)12-28-23(30)20-5-4-8-27-15(20)2/h4-11,13-14,16,23,28,30H,12H2,1-3H3. The van der Waals surface area contributed by atoms with Crippen molar-refractivity contribution >= 4 is 23.2 Å². The molecule has 1 aromatic carbocycles. The van der Waals surface area contributed by atoms with Crippen molar-refractivity contribution < 1.29 is 9.90 Å². The minimum absolute atomic E-state index is 0.0490. The Morgan fingerprint density at radius 1 is 1.23 bits per heavy atom. The van der Waals surface area contributed by atoms with Crippen molar-refractivity contribution in [1.29, 1.82) is 0 Å². The lowest BCUT2D eigenvalue weighted by Crippen LogP contribution is -2.46. The van der Waals surface area contributed by atoms with Crippen LogP contribution in [0.25, 0.3) is 0 Å². The Morgan fingerprint density at radius 2 is 2.03 bits per heavy atom. The Bertz CT molecular complexity index is 1120. The zero-order chi connectivity index (χ0) is 22.1. The van der Waals surface area contributed by atoms with Gasteiger partial charge in [0.1, 0.15) is 6.23 Å². The first-order valence-electron chi connectivity index (χ1n) is 10.3. The molecule has 1 aliphatic rings. The number of hydrogen-bond donors (Lipinski definition) is 2. The zero-order valence-electron chi connectivity index (χ0n) is 17.7. The van der Waals surface area contributed by atoms with Crippen molar-refractivity contribution in [3.63, 3.8) is 0 Å². The molecular formula is C24H25ClN4O2. The number of fused-ring (bicyclic) bond motifs is 1. The van der Waals surface area contributed by atoms with Gasteiger partial charge >= 0.3 is 0 Å². The second-order valence-corrected chi connectivity index (χ2v) is 8.39. The lowest BCUT2D eigenvalue weighted by molar-refractivity contribution is 0.0964. The molecule has 3 unspecified atom stereocenters. The molecule has 160 valence electrons. The molecule has 0 spiro atoms. The molecule has 0 bridgehead atoms. The van der Waals surface area contributed by atoms with Gasteiger partial charge in [0, 0.05) is 52.7 Å². The molecule has 0 fully saturated rings. The minimum Gasteiger partial charge on any atom is -0.374 e. The highest BCUT2D eigenvalue weighted by Gasteiger charge is 2.36. The number of pyridine rings is 2. The van der Waals surface area contributed by atoms with Crippen LogP contribution in [0, 0.1) is 6.92 Å². The summed E-state index contributed by atoms with van der Waals surface area (Å²) < 4.78 is 0. The average Bonchev–Trinajstić information content (AvgIpc) is 2.76. The fourth-order valence-corrected chi connectivity index (χ4v) is 4.25. The first-order valence-corrected chi connectivity index (χ1v) is 10.6. The van der Waals surface area contributed by atoms with Crippen molar-refractivity contribution in [3.8, 4) is 0 Å². The number of anilines is 1. The summed E-state index contributed by atoms with van der Waals surface area (Å²) in [5.41, 5.74) is 4.75. The van der Waals surface area contributed by atoms with Crippen molar-refractivity contribution in [1.82, 2.24) is 15.3 Å². The fourth-order valence-electron chi connectivity index (χ4n) is 4.07. The van der Waals surface area contributed by atoms with Crippen molar-refractivity contribution in [3.05, 3.63) is 88.0 Å². The van der Waals surface area contributed by atoms with E-state index < -0.39 is 6.23 Å². The highest BCUT2D eigenvalue weighted by atomic mass is 35.5. The minimum atomic E-state index is -0.843. The summed E-state index contributed by atoms with van der Waals surface area (Å²) in [6, 6.07) is 10.9. The van der Waals surface area contributed by atoms with Gasteiger partial charge in [-0.05, 0) is 55.3 Å². The van der Waals surface area contributed by atoms with Crippen LogP contribution in [0.15, 0.2) is 55.0 Å². The van der Waals surface area contributed by atoms with Crippen LogP contribution in [-0.2, 0) is 6.54 Å². The number of benzene rings is 1. The van der Waals surface area contributed by atoms with E-state index in [2.05, 4.69) is 22.2 Å². The van der Waals surface area contributed by atoms with E-state index >= 15 is 0 Å². The summed E-state index contributed by atoms with van der Waals surface area (Å²) in [5.74, 6) is 0.0683. The maximum Gasteiger partial charge on any atom is 0.258 e. The maximum atomic E-state index is 13.3. The number of halogens is 1. The largest absolute Gasteiger partial charge is 0.374 e. The van der Waals surface area contributed by atoms with Crippen LogP contribution < -0.4 is 10.2 Å². The van der Waals surface area contributed by atoms with Crippen LogP contribution in [0.2, 0.25) is 5.02 Å². The first-order chi connectivity index (χ1) is 14.9. The normalized spacial score (nSPS) is 19.3. The number of aromatic nitrogens is 2. The number of amides is 1. The molecule has 0 saturated heterocycles. The van der Waals surface area contributed by atoms with E-state index in [-0.39, 0.29) is 17.9 Å². The fraction of sp³-hybridized carbons (Fsp3) is 0.292. The van der Waals surface area contributed by atoms with Gasteiger partial charge in [-0.3, -0.25) is 20.1 Å². The maximum absolute atomic E-state index is 13.3. The quantitative estimate of drug-likeness (QED) is 0.580. The third-order valence-electron chi connectivity index (χ3n) is 5.98. The average molecular weight is 437 g/mol. The predicted octanol–water partition coefficient (Wildman–Crippen LogP) is 4.37.